The molecule has 0 heterocycles. The molecule has 0 saturated carbocycles. The van der Waals surface area contributed by atoms with Crippen LogP contribution in [0.1, 0.15) is 11.1 Å². The molecule has 0 aliphatic rings. The van der Waals surface area contributed by atoms with Crippen molar-refractivity contribution in [3.05, 3.63) is 103 Å². The highest BCUT2D eigenvalue weighted by Gasteiger charge is 2.12. The van der Waals surface area contributed by atoms with E-state index in [1.54, 1.807) is 36.4 Å². The zero-order chi connectivity index (χ0) is 28.8. The fourth-order valence-corrected chi connectivity index (χ4v) is 5.27. The van der Waals surface area contributed by atoms with E-state index < -0.39 is 0 Å². The third-order valence-electron chi connectivity index (χ3n) is 5.84. The summed E-state index contributed by atoms with van der Waals surface area (Å²) in [5.41, 5.74) is 5.11. The summed E-state index contributed by atoms with van der Waals surface area (Å²) < 4.78 is 12.7. The van der Waals surface area contributed by atoms with Crippen molar-refractivity contribution in [2.24, 2.45) is 0 Å². The average molecular weight is 707 g/mol. The highest BCUT2D eigenvalue weighted by Crippen LogP contribution is 2.30. The number of aryl methyl sites for hydroxylation is 2. The summed E-state index contributed by atoms with van der Waals surface area (Å²) in [6, 6.07) is 21.9. The minimum Gasteiger partial charge on any atom is -0.482 e. The van der Waals surface area contributed by atoms with Gasteiger partial charge in [0.05, 0.1) is 10.0 Å². The zero-order valence-electron chi connectivity index (χ0n) is 21.5. The molecule has 40 heavy (non-hydrogen) atoms. The number of halogens is 4. The number of benzene rings is 4. The molecule has 206 valence electrons. The van der Waals surface area contributed by atoms with Crippen LogP contribution in [0.15, 0.2) is 81.7 Å². The van der Waals surface area contributed by atoms with Crippen LogP contribution < -0.4 is 20.1 Å². The molecule has 0 bridgehead atoms. The van der Waals surface area contributed by atoms with Crippen molar-refractivity contribution < 1.29 is 19.1 Å². The summed E-state index contributed by atoms with van der Waals surface area (Å²) in [7, 11) is 0. The van der Waals surface area contributed by atoms with Gasteiger partial charge in [0.15, 0.2) is 13.2 Å². The van der Waals surface area contributed by atoms with Crippen molar-refractivity contribution in [3.8, 4) is 22.6 Å². The minimum absolute atomic E-state index is 0.171. The number of ether oxygens (including phenoxy) is 2. The lowest BCUT2D eigenvalue weighted by molar-refractivity contribution is -0.118. The van der Waals surface area contributed by atoms with Crippen LogP contribution >= 0.6 is 55.1 Å². The van der Waals surface area contributed by atoms with Crippen LogP contribution in [0.5, 0.6) is 11.5 Å². The fourth-order valence-electron chi connectivity index (χ4n) is 3.81. The molecule has 0 atom stereocenters. The normalized spacial score (nSPS) is 10.7. The number of carbonyl (C=O) groups excluding carboxylic acids is 2. The van der Waals surface area contributed by atoms with Crippen LogP contribution in [0.4, 0.5) is 11.4 Å². The number of hydrogen-bond donors (Lipinski definition) is 2. The second-order valence-corrected chi connectivity index (χ2v) is 11.5. The minimum atomic E-state index is -0.294. The molecule has 2 amide bonds. The van der Waals surface area contributed by atoms with Gasteiger partial charge in [-0.2, -0.15) is 0 Å². The molecule has 4 aromatic rings. The van der Waals surface area contributed by atoms with Crippen molar-refractivity contribution in [3.63, 3.8) is 0 Å². The monoisotopic (exact) mass is 704 g/mol. The molecule has 0 aliphatic carbocycles. The maximum Gasteiger partial charge on any atom is 0.262 e. The van der Waals surface area contributed by atoms with Gasteiger partial charge >= 0.3 is 0 Å². The van der Waals surface area contributed by atoms with Crippen LogP contribution in [0, 0.1) is 13.8 Å². The molecule has 0 aliphatic heterocycles. The summed E-state index contributed by atoms with van der Waals surface area (Å²) in [6.45, 7) is 3.50. The van der Waals surface area contributed by atoms with Gasteiger partial charge in [0.25, 0.3) is 11.8 Å². The average Bonchev–Trinajstić information content (AvgIpc) is 2.90. The van der Waals surface area contributed by atoms with Gasteiger partial charge in [0.2, 0.25) is 0 Å². The standard InChI is InChI=1S/C30H24Br2Cl2N2O4/c1-17-11-19(3-7-25(17)35-29(37)15-39-27-9-5-21(31)13-23(27)33)20-4-8-26(18(2)12-20)36-30(38)16-40-28-10-6-22(32)14-24(28)34/h3-14H,15-16H2,1-2H3,(H,35,37)(H,36,38). The van der Waals surface area contributed by atoms with Crippen molar-refractivity contribution in [1.82, 2.24) is 0 Å². The topological polar surface area (TPSA) is 76.7 Å². The molecule has 0 unspecified atom stereocenters. The Balaban J connectivity index is 1.34. The Labute approximate surface area is 259 Å². The second kappa shape index (κ2) is 13.5. The number of anilines is 2. The Morgan fingerprint density at radius 3 is 1.40 bits per heavy atom. The third-order valence-corrected chi connectivity index (χ3v) is 7.42. The van der Waals surface area contributed by atoms with E-state index >= 15 is 0 Å². The lowest BCUT2D eigenvalue weighted by Crippen LogP contribution is -2.20. The first-order chi connectivity index (χ1) is 19.1. The predicted molar refractivity (Wildman–Crippen MR) is 168 cm³/mol. The van der Waals surface area contributed by atoms with Gasteiger partial charge < -0.3 is 20.1 Å². The Kier molecular flexibility index (Phi) is 10.1. The van der Waals surface area contributed by atoms with Gasteiger partial charge in [-0.1, -0.05) is 67.2 Å². The summed E-state index contributed by atoms with van der Waals surface area (Å²) in [5, 5.41) is 6.59. The number of carbonyl (C=O) groups is 2. The number of amides is 2. The van der Waals surface area contributed by atoms with E-state index in [-0.39, 0.29) is 25.0 Å². The van der Waals surface area contributed by atoms with Crippen LogP contribution in [-0.2, 0) is 9.59 Å². The van der Waals surface area contributed by atoms with E-state index in [2.05, 4.69) is 42.5 Å². The summed E-state index contributed by atoms with van der Waals surface area (Å²) >= 11 is 19.0. The van der Waals surface area contributed by atoms with E-state index in [9.17, 15) is 9.59 Å². The molecule has 0 saturated heterocycles. The van der Waals surface area contributed by atoms with Crippen LogP contribution in [0.2, 0.25) is 10.0 Å². The largest absolute Gasteiger partial charge is 0.482 e. The lowest BCUT2D eigenvalue weighted by atomic mass is 10.00. The molecule has 0 spiro atoms. The summed E-state index contributed by atoms with van der Waals surface area (Å²) in [6.07, 6.45) is 0. The molecule has 6 nitrogen and oxygen atoms in total. The molecule has 0 radical (unpaired) electrons. The van der Waals surface area contributed by atoms with E-state index in [1.165, 1.54) is 0 Å². The molecule has 2 N–H and O–H groups in total. The first kappa shape index (κ1) is 29.9. The van der Waals surface area contributed by atoms with Crippen molar-refractivity contribution in [2.45, 2.75) is 13.8 Å². The third kappa shape index (κ3) is 8.01. The Bertz CT molecular complexity index is 1460. The van der Waals surface area contributed by atoms with E-state index in [4.69, 9.17) is 32.7 Å². The van der Waals surface area contributed by atoms with Crippen LogP contribution in [0.25, 0.3) is 11.1 Å². The number of hydrogen-bond acceptors (Lipinski definition) is 4. The van der Waals surface area contributed by atoms with Crippen LogP contribution in [-0.4, -0.2) is 25.0 Å². The van der Waals surface area contributed by atoms with Crippen molar-refractivity contribution in [1.29, 1.82) is 0 Å². The zero-order valence-corrected chi connectivity index (χ0v) is 26.2. The Morgan fingerprint density at radius 2 is 1.05 bits per heavy atom. The molecule has 4 aromatic carbocycles. The van der Waals surface area contributed by atoms with E-state index in [1.807, 2.05) is 50.2 Å². The van der Waals surface area contributed by atoms with Gasteiger partial charge in [-0.3, -0.25) is 9.59 Å². The van der Waals surface area contributed by atoms with Crippen molar-refractivity contribution in [2.75, 3.05) is 23.8 Å². The number of rotatable bonds is 9. The molecule has 0 aromatic heterocycles. The summed E-state index contributed by atoms with van der Waals surface area (Å²) in [4.78, 5) is 24.9. The van der Waals surface area contributed by atoms with Gasteiger partial charge in [-0.05, 0) is 96.8 Å². The first-order valence-corrected chi connectivity index (χ1v) is 14.4. The van der Waals surface area contributed by atoms with E-state index in [0.29, 0.717) is 32.9 Å². The maximum absolute atomic E-state index is 12.5. The summed E-state index contributed by atoms with van der Waals surface area (Å²) in [5.74, 6) is 0.279. The Morgan fingerprint density at radius 1 is 0.650 bits per heavy atom. The van der Waals surface area contributed by atoms with E-state index in [0.717, 1.165) is 31.2 Å². The van der Waals surface area contributed by atoms with Crippen molar-refractivity contribution >= 4 is 78.3 Å². The molecule has 4 rings (SSSR count). The highest BCUT2D eigenvalue weighted by molar-refractivity contribution is 9.10. The van der Waals surface area contributed by atoms with Gasteiger partial charge in [0, 0.05) is 20.3 Å². The van der Waals surface area contributed by atoms with Gasteiger partial charge in [-0.15, -0.1) is 0 Å². The molecular weight excluding hydrogens is 683 g/mol. The maximum atomic E-state index is 12.5. The Hall–Kier alpha value is -3.04. The quantitative estimate of drug-likeness (QED) is 0.182. The smallest absolute Gasteiger partial charge is 0.262 e. The van der Waals surface area contributed by atoms with Gasteiger partial charge in [-0.25, -0.2) is 0 Å². The lowest BCUT2D eigenvalue weighted by Gasteiger charge is -2.14. The fraction of sp³-hybridized carbons (Fsp3) is 0.133. The highest BCUT2D eigenvalue weighted by atomic mass is 79.9. The first-order valence-electron chi connectivity index (χ1n) is 12.1. The number of nitrogens with one attached hydrogen (secondary N) is 2. The SMILES string of the molecule is Cc1cc(-c2ccc(NC(=O)COc3ccc(Br)cc3Cl)c(C)c2)ccc1NC(=O)COc1ccc(Br)cc1Cl. The molecule has 0 fully saturated rings. The molecule has 10 heteroatoms. The molecular formula is C30H24Br2Cl2N2O4. The predicted octanol–water partition coefficient (Wildman–Crippen LogP) is 8.84. The van der Waals surface area contributed by atoms with Crippen LogP contribution in [0.3, 0.4) is 0 Å². The second-order valence-electron chi connectivity index (χ2n) is 8.88. The van der Waals surface area contributed by atoms with Gasteiger partial charge in [0.1, 0.15) is 11.5 Å².